The minimum Gasteiger partial charge on any atom is -0.493 e. The molecule has 0 saturated heterocycles. The van der Waals surface area contributed by atoms with Gasteiger partial charge in [-0.2, -0.15) is 5.26 Å². The monoisotopic (exact) mass is 478 g/mol. The molecule has 0 saturated carbocycles. The Morgan fingerprint density at radius 2 is 2.09 bits per heavy atom. The van der Waals surface area contributed by atoms with E-state index in [9.17, 15) is 9.59 Å². The van der Waals surface area contributed by atoms with Crippen LogP contribution in [-0.4, -0.2) is 40.0 Å². The largest absolute Gasteiger partial charge is 0.493 e. The molecular weight excluding hydrogens is 452 g/mol. The van der Waals surface area contributed by atoms with Crippen molar-refractivity contribution in [3.63, 3.8) is 0 Å². The summed E-state index contributed by atoms with van der Waals surface area (Å²) in [5.41, 5.74) is 1.34. The molecule has 4 rings (SSSR count). The van der Waals surface area contributed by atoms with E-state index in [1.807, 2.05) is 45.0 Å². The molecule has 34 heavy (non-hydrogen) atoms. The first-order valence-electron chi connectivity index (χ1n) is 11.1. The van der Waals surface area contributed by atoms with E-state index >= 15 is 0 Å². The molecule has 8 nitrogen and oxygen atoms in total. The molecule has 3 heterocycles. The second-order valence-corrected chi connectivity index (χ2v) is 10.3. The molecule has 2 aromatic rings. The number of pyridine rings is 1. The Hall–Kier alpha value is -3.38. The summed E-state index contributed by atoms with van der Waals surface area (Å²) in [5.74, 6) is 1.39. The number of aromatic nitrogens is 1. The number of carbonyl (C=O) groups is 2. The van der Waals surface area contributed by atoms with Crippen LogP contribution in [-0.2, 0) is 16.7 Å². The molecule has 9 heteroatoms. The molecule has 1 unspecified atom stereocenters. The normalized spacial score (nSPS) is 19.3. The number of alkyl carbamates (subject to hydrolysis) is 1. The van der Waals surface area contributed by atoms with E-state index in [1.54, 1.807) is 12.1 Å². The number of Topliss-reactive ketones (excluding diaryl/α,β-unsaturated/α-hetero) is 1. The molecule has 1 amide bonds. The lowest BCUT2D eigenvalue weighted by Crippen LogP contribution is -2.41. The van der Waals surface area contributed by atoms with Crippen molar-refractivity contribution in [1.82, 2.24) is 10.3 Å². The van der Waals surface area contributed by atoms with Crippen LogP contribution in [0.2, 0.25) is 0 Å². The van der Waals surface area contributed by atoms with Crippen LogP contribution in [0, 0.1) is 11.3 Å². The summed E-state index contributed by atoms with van der Waals surface area (Å²) >= 11 is 1.49. The van der Waals surface area contributed by atoms with Gasteiger partial charge in [-0.15, -0.1) is 0 Å². The Morgan fingerprint density at radius 3 is 2.79 bits per heavy atom. The number of aliphatic imine (C=N–C) groups is 1. The van der Waals surface area contributed by atoms with Crippen LogP contribution in [0.15, 0.2) is 41.5 Å². The summed E-state index contributed by atoms with van der Waals surface area (Å²) in [5, 5.41) is 12.2. The van der Waals surface area contributed by atoms with Gasteiger partial charge in [0.05, 0.1) is 17.7 Å². The Bertz CT molecular complexity index is 1180. The van der Waals surface area contributed by atoms with E-state index in [4.69, 9.17) is 19.7 Å². The molecule has 0 aliphatic carbocycles. The van der Waals surface area contributed by atoms with Gasteiger partial charge in [0, 0.05) is 30.4 Å². The van der Waals surface area contributed by atoms with Crippen molar-refractivity contribution in [1.29, 1.82) is 5.26 Å². The highest BCUT2D eigenvalue weighted by molar-refractivity contribution is 8.13. The minimum absolute atomic E-state index is 0.134. The van der Waals surface area contributed by atoms with Crippen molar-refractivity contribution in [3.05, 3.63) is 58.9 Å². The summed E-state index contributed by atoms with van der Waals surface area (Å²) in [4.78, 5) is 34.1. The Morgan fingerprint density at radius 1 is 1.26 bits per heavy atom. The fourth-order valence-corrected chi connectivity index (χ4v) is 5.00. The smallest absolute Gasteiger partial charge is 0.413 e. The van der Waals surface area contributed by atoms with Gasteiger partial charge in [-0.05, 0) is 57.0 Å². The van der Waals surface area contributed by atoms with Crippen molar-refractivity contribution >= 4 is 28.8 Å². The van der Waals surface area contributed by atoms with Crippen LogP contribution in [0.1, 0.15) is 60.8 Å². The highest BCUT2D eigenvalue weighted by atomic mass is 32.2. The van der Waals surface area contributed by atoms with Gasteiger partial charge in [0.15, 0.2) is 11.0 Å². The minimum atomic E-state index is -0.599. The quantitative estimate of drug-likeness (QED) is 0.652. The van der Waals surface area contributed by atoms with Crippen LogP contribution in [0.25, 0.3) is 0 Å². The van der Waals surface area contributed by atoms with E-state index in [0.29, 0.717) is 29.5 Å². The second kappa shape index (κ2) is 9.47. The molecule has 1 atom stereocenters. The molecule has 0 fully saturated rings. The third-order valence-corrected chi connectivity index (χ3v) is 6.41. The number of carbonyl (C=O) groups excluding carboxylic acids is 2. The third-order valence-electron chi connectivity index (χ3n) is 5.54. The Balaban J connectivity index is 1.58. The second-order valence-electron chi connectivity index (χ2n) is 9.25. The lowest BCUT2D eigenvalue weighted by Gasteiger charge is -2.38. The van der Waals surface area contributed by atoms with Gasteiger partial charge >= 0.3 is 6.09 Å². The number of benzene rings is 1. The molecule has 0 bridgehead atoms. The molecular formula is C25H26N4O4S. The van der Waals surface area contributed by atoms with E-state index in [2.05, 4.69) is 10.3 Å². The predicted octanol–water partition coefficient (Wildman–Crippen LogP) is 4.37. The molecule has 176 valence electrons. The maximum Gasteiger partial charge on any atom is 0.413 e. The van der Waals surface area contributed by atoms with Crippen LogP contribution in [0.3, 0.4) is 0 Å². The molecule has 1 spiro atoms. The number of hydrogen-bond acceptors (Lipinski definition) is 8. The topological polar surface area (TPSA) is 114 Å². The summed E-state index contributed by atoms with van der Waals surface area (Å²) in [6.45, 7) is 5.97. The zero-order chi connectivity index (χ0) is 24.3. The number of amides is 1. The SMILES string of the molecule is CC(C)(C)OC(=O)NC1=NC2(CCOc3ccc(CC(=O)c4ccc(C#N)cn4)cc32)CCS1. The zero-order valence-electron chi connectivity index (χ0n) is 19.4. The number of hydrogen-bond donors (Lipinski definition) is 1. The van der Waals surface area contributed by atoms with Crippen molar-refractivity contribution in [2.24, 2.45) is 4.99 Å². The average Bonchev–Trinajstić information content (AvgIpc) is 2.78. The first-order chi connectivity index (χ1) is 16.2. The summed E-state index contributed by atoms with van der Waals surface area (Å²) < 4.78 is 11.3. The van der Waals surface area contributed by atoms with Crippen LogP contribution >= 0.6 is 11.8 Å². The van der Waals surface area contributed by atoms with Gasteiger partial charge in [-0.3, -0.25) is 20.1 Å². The maximum atomic E-state index is 12.8. The standard InChI is InChI=1S/C25H26N4O4S/c1-24(2,3)33-23(31)28-22-29-25(9-11-34-22)8-10-32-21-7-5-16(12-18(21)25)13-20(30)19-6-4-17(14-26)15-27-19/h4-7,12,15H,8-11,13H2,1-3H3,(H,28,29,31). The summed E-state index contributed by atoms with van der Waals surface area (Å²) in [6, 6.07) is 10.9. The lowest BCUT2D eigenvalue weighted by atomic mass is 9.81. The number of ketones is 1. The Labute approximate surface area is 202 Å². The number of nitrogens with zero attached hydrogens (tertiary/aromatic N) is 3. The fraction of sp³-hybridized carbons (Fsp3) is 0.400. The van der Waals surface area contributed by atoms with Gasteiger partial charge in [0.1, 0.15) is 23.1 Å². The fourth-order valence-electron chi connectivity index (χ4n) is 3.97. The number of nitriles is 1. The van der Waals surface area contributed by atoms with Crippen molar-refractivity contribution in [2.75, 3.05) is 12.4 Å². The van der Waals surface area contributed by atoms with Gasteiger partial charge in [0.2, 0.25) is 0 Å². The van der Waals surface area contributed by atoms with Crippen molar-refractivity contribution in [3.8, 4) is 11.8 Å². The number of nitrogens with one attached hydrogen (secondary N) is 1. The van der Waals surface area contributed by atoms with Crippen molar-refractivity contribution < 1.29 is 19.1 Å². The van der Waals surface area contributed by atoms with E-state index in [-0.39, 0.29) is 12.2 Å². The van der Waals surface area contributed by atoms with Crippen LogP contribution < -0.4 is 10.1 Å². The molecule has 1 aromatic carbocycles. The van der Waals surface area contributed by atoms with Gasteiger partial charge in [-0.1, -0.05) is 17.8 Å². The van der Waals surface area contributed by atoms with Gasteiger partial charge in [-0.25, -0.2) is 4.79 Å². The number of rotatable bonds is 3. The molecule has 0 radical (unpaired) electrons. The predicted molar refractivity (Wildman–Crippen MR) is 129 cm³/mol. The zero-order valence-corrected chi connectivity index (χ0v) is 20.2. The van der Waals surface area contributed by atoms with Gasteiger partial charge < -0.3 is 9.47 Å². The number of fused-ring (bicyclic) bond motifs is 2. The summed E-state index contributed by atoms with van der Waals surface area (Å²) in [6.07, 6.45) is 2.51. The molecule has 1 N–H and O–H groups in total. The van der Waals surface area contributed by atoms with E-state index in [0.717, 1.165) is 29.1 Å². The third kappa shape index (κ3) is 5.39. The lowest BCUT2D eigenvalue weighted by molar-refractivity contribution is 0.0563. The van der Waals surface area contributed by atoms with Gasteiger partial charge in [0.25, 0.3) is 0 Å². The van der Waals surface area contributed by atoms with E-state index in [1.165, 1.54) is 18.0 Å². The Kier molecular flexibility index (Phi) is 6.62. The van der Waals surface area contributed by atoms with E-state index < -0.39 is 17.2 Å². The maximum absolute atomic E-state index is 12.8. The molecule has 2 aliphatic rings. The first kappa shape index (κ1) is 23.8. The average molecular weight is 479 g/mol. The first-order valence-corrected chi connectivity index (χ1v) is 12.0. The molecule has 1 aromatic heterocycles. The van der Waals surface area contributed by atoms with Crippen LogP contribution in [0.4, 0.5) is 4.79 Å². The number of amidine groups is 1. The van der Waals surface area contributed by atoms with Crippen LogP contribution in [0.5, 0.6) is 5.75 Å². The molecule has 2 aliphatic heterocycles. The number of ether oxygens (including phenoxy) is 2. The number of thioether (sulfide) groups is 1. The summed E-state index contributed by atoms with van der Waals surface area (Å²) in [7, 11) is 0. The highest BCUT2D eigenvalue weighted by Gasteiger charge is 2.40. The highest BCUT2D eigenvalue weighted by Crippen LogP contribution is 2.46. The van der Waals surface area contributed by atoms with Crippen molar-refractivity contribution in [2.45, 2.75) is 51.2 Å².